The van der Waals surface area contributed by atoms with Gasteiger partial charge in [-0.15, -0.1) is 0 Å². The second-order valence-electron chi connectivity index (χ2n) is 5.05. The zero-order chi connectivity index (χ0) is 13.1. The van der Waals surface area contributed by atoms with Crippen LogP contribution in [0.4, 0.5) is 0 Å². The molecule has 1 amide bonds. The van der Waals surface area contributed by atoms with Crippen LogP contribution < -0.4 is 5.73 Å². The number of carboxylic acids is 1. The van der Waals surface area contributed by atoms with Gasteiger partial charge >= 0.3 is 5.97 Å². The van der Waals surface area contributed by atoms with E-state index in [4.69, 9.17) is 10.8 Å². The summed E-state index contributed by atoms with van der Waals surface area (Å²) in [5.74, 6) is -1.24. The van der Waals surface area contributed by atoms with E-state index < -0.39 is 17.3 Å². The van der Waals surface area contributed by atoms with Crippen LogP contribution in [0.3, 0.4) is 0 Å². The fraction of sp³-hybridized carbons (Fsp3) is 0.833. The molecule has 1 rings (SSSR count). The Morgan fingerprint density at radius 3 is 2.65 bits per heavy atom. The number of carboxylic acid groups (broad SMARTS) is 1. The third-order valence-electron chi connectivity index (χ3n) is 3.81. The summed E-state index contributed by atoms with van der Waals surface area (Å²) in [6.45, 7) is 5.06. The first-order valence-electron chi connectivity index (χ1n) is 6.17. The van der Waals surface area contributed by atoms with Crippen LogP contribution in [0, 0.1) is 11.3 Å². The molecule has 98 valence electrons. The minimum Gasteiger partial charge on any atom is -0.481 e. The van der Waals surface area contributed by atoms with Crippen LogP contribution >= 0.6 is 0 Å². The normalized spacial score (nSPS) is 24.2. The molecule has 0 bridgehead atoms. The highest BCUT2D eigenvalue weighted by Crippen LogP contribution is 2.26. The van der Waals surface area contributed by atoms with Crippen LogP contribution in [-0.2, 0) is 9.59 Å². The highest BCUT2D eigenvalue weighted by atomic mass is 16.4. The molecule has 1 saturated heterocycles. The number of piperidine rings is 1. The number of hydrogen-bond acceptors (Lipinski definition) is 3. The third kappa shape index (κ3) is 2.97. The Morgan fingerprint density at radius 1 is 1.53 bits per heavy atom. The Morgan fingerprint density at radius 2 is 2.18 bits per heavy atom. The lowest BCUT2D eigenvalue weighted by Crippen LogP contribution is -2.50. The number of aliphatic carboxylic acids is 1. The Balaban J connectivity index is 2.72. The predicted octanol–water partition coefficient (Wildman–Crippen LogP) is 0.685. The minimum atomic E-state index is -0.812. The molecule has 1 fully saturated rings. The zero-order valence-electron chi connectivity index (χ0n) is 10.6. The monoisotopic (exact) mass is 242 g/mol. The molecular formula is C12H22N2O3. The Bertz CT molecular complexity index is 300. The summed E-state index contributed by atoms with van der Waals surface area (Å²) in [4.78, 5) is 24.9. The van der Waals surface area contributed by atoms with Crippen LogP contribution in [-0.4, -0.2) is 41.5 Å². The van der Waals surface area contributed by atoms with Crippen molar-refractivity contribution in [2.24, 2.45) is 17.1 Å². The SMILES string of the molecule is CCC(C)(CN)C(=O)N1CCC[C@@H](C(=O)O)C1. The molecule has 0 aromatic rings. The molecule has 3 N–H and O–H groups in total. The maximum atomic E-state index is 12.3. The lowest BCUT2D eigenvalue weighted by Gasteiger charge is -2.37. The number of rotatable bonds is 4. The van der Waals surface area contributed by atoms with Crippen molar-refractivity contribution >= 4 is 11.9 Å². The number of amides is 1. The molecule has 0 aliphatic carbocycles. The fourth-order valence-corrected chi connectivity index (χ4v) is 2.13. The number of hydrogen-bond donors (Lipinski definition) is 2. The number of nitrogens with two attached hydrogens (primary N) is 1. The molecule has 0 aromatic carbocycles. The quantitative estimate of drug-likeness (QED) is 0.759. The topological polar surface area (TPSA) is 83.6 Å². The van der Waals surface area contributed by atoms with E-state index in [0.29, 0.717) is 32.5 Å². The van der Waals surface area contributed by atoms with Crippen LogP contribution in [0.2, 0.25) is 0 Å². The van der Waals surface area contributed by atoms with Gasteiger partial charge in [0.1, 0.15) is 0 Å². The maximum absolute atomic E-state index is 12.3. The summed E-state index contributed by atoms with van der Waals surface area (Å²) < 4.78 is 0. The van der Waals surface area contributed by atoms with Crippen molar-refractivity contribution in [3.8, 4) is 0 Å². The Labute approximate surface area is 102 Å². The number of likely N-dealkylation sites (tertiary alicyclic amines) is 1. The van der Waals surface area contributed by atoms with Crippen LogP contribution in [0.5, 0.6) is 0 Å². The van der Waals surface area contributed by atoms with Crippen molar-refractivity contribution in [3.63, 3.8) is 0 Å². The summed E-state index contributed by atoms with van der Waals surface area (Å²) in [7, 11) is 0. The molecule has 5 nitrogen and oxygen atoms in total. The molecule has 5 heteroatoms. The van der Waals surface area contributed by atoms with E-state index in [2.05, 4.69) is 0 Å². The first-order valence-corrected chi connectivity index (χ1v) is 6.17. The molecular weight excluding hydrogens is 220 g/mol. The van der Waals surface area contributed by atoms with E-state index in [9.17, 15) is 9.59 Å². The summed E-state index contributed by atoms with van der Waals surface area (Å²) >= 11 is 0. The second-order valence-corrected chi connectivity index (χ2v) is 5.05. The van der Waals surface area contributed by atoms with Gasteiger partial charge in [-0.25, -0.2) is 0 Å². The van der Waals surface area contributed by atoms with Gasteiger partial charge in [0.15, 0.2) is 0 Å². The second kappa shape index (κ2) is 5.49. The minimum absolute atomic E-state index is 0.00606. The van der Waals surface area contributed by atoms with Crippen molar-refractivity contribution in [2.75, 3.05) is 19.6 Å². The molecule has 1 unspecified atom stereocenters. The van der Waals surface area contributed by atoms with Crippen LogP contribution in [0.15, 0.2) is 0 Å². The zero-order valence-corrected chi connectivity index (χ0v) is 10.6. The van der Waals surface area contributed by atoms with E-state index in [1.165, 1.54) is 0 Å². The van der Waals surface area contributed by atoms with E-state index >= 15 is 0 Å². The van der Waals surface area contributed by atoms with Gasteiger partial charge in [0.05, 0.1) is 11.3 Å². The largest absolute Gasteiger partial charge is 0.481 e. The molecule has 0 spiro atoms. The number of carbonyl (C=O) groups is 2. The van der Waals surface area contributed by atoms with Gasteiger partial charge in [0.25, 0.3) is 0 Å². The van der Waals surface area contributed by atoms with Crippen molar-refractivity contribution in [1.29, 1.82) is 0 Å². The lowest BCUT2D eigenvalue weighted by molar-refractivity contribution is -0.149. The Hall–Kier alpha value is -1.10. The van der Waals surface area contributed by atoms with Gasteiger partial charge in [-0.05, 0) is 26.2 Å². The fourth-order valence-electron chi connectivity index (χ4n) is 2.13. The van der Waals surface area contributed by atoms with Gasteiger partial charge in [-0.1, -0.05) is 6.92 Å². The molecule has 2 atom stereocenters. The third-order valence-corrected chi connectivity index (χ3v) is 3.81. The summed E-state index contributed by atoms with van der Waals surface area (Å²) in [6.07, 6.45) is 2.09. The van der Waals surface area contributed by atoms with Gasteiger partial charge in [-0.3, -0.25) is 9.59 Å². The average molecular weight is 242 g/mol. The van der Waals surface area contributed by atoms with Crippen molar-refractivity contribution in [1.82, 2.24) is 4.90 Å². The first kappa shape index (κ1) is 14.0. The molecule has 1 aliphatic heterocycles. The average Bonchev–Trinajstić information content (AvgIpc) is 2.37. The number of carbonyl (C=O) groups excluding carboxylic acids is 1. The summed E-state index contributed by atoms with van der Waals surface area (Å²) in [5.41, 5.74) is 5.10. The molecule has 1 aliphatic rings. The predicted molar refractivity (Wildman–Crippen MR) is 64.4 cm³/mol. The van der Waals surface area contributed by atoms with Crippen LogP contribution in [0.25, 0.3) is 0 Å². The van der Waals surface area contributed by atoms with E-state index in [1.54, 1.807) is 4.90 Å². The lowest BCUT2D eigenvalue weighted by atomic mass is 9.84. The smallest absolute Gasteiger partial charge is 0.308 e. The molecule has 0 aromatic heterocycles. The highest BCUT2D eigenvalue weighted by Gasteiger charge is 2.37. The van der Waals surface area contributed by atoms with E-state index in [-0.39, 0.29) is 5.91 Å². The highest BCUT2D eigenvalue weighted by molar-refractivity contribution is 5.83. The van der Waals surface area contributed by atoms with Gasteiger partial charge in [-0.2, -0.15) is 0 Å². The van der Waals surface area contributed by atoms with Crippen molar-refractivity contribution in [3.05, 3.63) is 0 Å². The van der Waals surface area contributed by atoms with Crippen molar-refractivity contribution < 1.29 is 14.7 Å². The maximum Gasteiger partial charge on any atom is 0.308 e. The molecule has 0 radical (unpaired) electrons. The van der Waals surface area contributed by atoms with Gasteiger partial charge in [0.2, 0.25) is 5.91 Å². The van der Waals surface area contributed by atoms with Crippen molar-refractivity contribution in [2.45, 2.75) is 33.1 Å². The van der Waals surface area contributed by atoms with Gasteiger partial charge < -0.3 is 15.7 Å². The standard InChI is InChI=1S/C12H22N2O3/c1-3-12(2,8-13)11(17)14-6-4-5-9(7-14)10(15)16/h9H,3-8,13H2,1-2H3,(H,15,16)/t9-,12?/m1/s1. The number of nitrogens with zero attached hydrogens (tertiary/aromatic N) is 1. The first-order chi connectivity index (χ1) is 7.94. The molecule has 1 heterocycles. The van der Waals surface area contributed by atoms with Gasteiger partial charge in [0, 0.05) is 19.6 Å². The summed E-state index contributed by atoms with van der Waals surface area (Å²) in [6, 6.07) is 0. The molecule has 17 heavy (non-hydrogen) atoms. The molecule has 0 saturated carbocycles. The van der Waals surface area contributed by atoms with E-state index in [1.807, 2.05) is 13.8 Å². The summed E-state index contributed by atoms with van der Waals surface area (Å²) in [5, 5.41) is 8.99. The van der Waals surface area contributed by atoms with E-state index in [0.717, 1.165) is 6.42 Å². The Kier molecular flexibility index (Phi) is 4.51. The van der Waals surface area contributed by atoms with Crippen LogP contribution in [0.1, 0.15) is 33.1 Å².